The number of halogens is 2. The lowest BCUT2D eigenvalue weighted by Gasteiger charge is -2.19. The van der Waals surface area contributed by atoms with Gasteiger partial charge in [0.1, 0.15) is 22.1 Å². The third-order valence-electron chi connectivity index (χ3n) is 7.04. The summed E-state index contributed by atoms with van der Waals surface area (Å²) in [6, 6.07) is 5.61. The number of hydrogen-bond donors (Lipinski definition) is 2. The molecular formula is C26H28Cl2N4O5S. The van der Waals surface area contributed by atoms with Crippen molar-refractivity contribution in [3.05, 3.63) is 55.8 Å². The van der Waals surface area contributed by atoms with Crippen molar-refractivity contribution in [3.63, 3.8) is 0 Å². The molecule has 1 amide bonds. The summed E-state index contributed by atoms with van der Waals surface area (Å²) in [7, 11) is 3.21. The second-order valence-corrected chi connectivity index (χ2v) is 11.1. The average Bonchev–Trinajstić information content (AvgIpc) is 3.26. The van der Waals surface area contributed by atoms with Crippen molar-refractivity contribution in [1.82, 2.24) is 15.3 Å². The van der Waals surface area contributed by atoms with Crippen LogP contribution in [-0.2, 0) is 11.2 Å². The lowest BCUT2D eigenvalue weighted by molar-refractivity contribution is 0.0530. The first-order valence-corrected chi connectivity index (χ1v) is 13.8. The van der Waals surface area contributed by atoms with E-state index in [9.17, 15) is 9.59 Å². The van der Waals surface area contributed by atoms with E-state index in [0.717, 1.165) is 23.8 Å². The van der Waals surface area contributed by atoms with Gasteiger partial charge in [0.25, 0.3) is 5.91 Å². The molecule has 12 heteroatoms. The fraction of sp³-hybridized carbons (Fsp3) is 0.423. The Morgan fingerprint density at radius 2 is 1.92 bits per heavy atom. The zero-order valence-electron chi connectivity index (χ0n) is 21.4. The SMILES string of the molecule is CCOC(=O)c1sc(N2C[C@@H]3C(NC(=O)c4[nH]c(C)c(Cl)c4Cl)[C@@H]3C2)nc1Cc1cc(OC)ccc1OC. The first kappa shape index (κ1) is 26.6. The lowest BCUT2D eigenvalue weighted by Crippen LogP contribution is -2.34. The Kier molecular flexibility index (Phi) is 7.48. The maximum absolute atomic E-state index is 12.8. The van der Waals surface area contributed by atoms with Crippen LogP contribution < -0.4 is 19.7 Å². The van der Waals surface area contributed by atoms with Crippen molar-refractivity contribution < 1.29 is 23.8 Å². The summed E-state index contributed by atoms with van der Waals surface area (Å²) in [5.41, 5.74) is 2.44. The van der Waals surface area contributed by atoms with Gasteiger partial charge in [0.05, 0.1) is 36.6 Å². The Bertz CT molecular complexity index is 1380. The monoisotopic (exact) mass is 578 g/mol. The average molecular weight is 580 g/mol. The number of benzene rings is 1. The minimum atomic E-state index is -0.389. The van der Waals surface area contributed by atoms with Crippen LogP contribution in [0.5, 0.6) is 11.5 Å². The van der Waals surface area contributed by atoms with Crippen LogP contribution in [0.15, 0.2) is 18.2 Å². The number of carbonyl (C=O) groups is 2. The lowest BCUT2D eigenvalue weighted by atomic mass is 10.1. The van der Waals surface area contributed by atoms with Crippen LogP contribution >= 0.6 is 34.5 Å². The second kappa shape index (κ2) is 10.7. The van der Waals surface area contributed by atoms with E-state index in [2.05, 4.69) is 15.2 Å². The molecule has 38 heavy (non-hydrogen) atoms. The van der Waals surface area contributed by atoms with Crippen molar-refractivity contribution >= 4 is 51.5 Å². The first-order valence-electron chi connectivity index (χ1n) is 12.2. The Morgan fingerprint density at radius 3 is 2.53 bits per heavy atom. The van der Waals surface area contributed by atoms with Crippen LogP contribution in [0.1, 0.15) is 44.0 Å². The molecule has 1 aromatic carbocycles. The largest absolute Gasteiger partial charge is 0.497 e. The van der Waals surface area contributed by atoms with Crippen molar-refractivity contribution in [3.8, 4) is 11.5 Å². The van der Waals surface area contributed by atoms with Crippen LogP contribution in [0.25, 0.3) is 0 Å². The molecule has 5 rings (SSSR count). The number of aromatic nitrogens is 2. The molecule has 2 fully saturated rings. The minimum absolute atomic E-state index is 0.0576. The number of nitrogens with zero attached hydrogens (tertiary/aromatic N) is 2. The Hall–Kier alpha value is -2.95. The third-order valence-corrected chi connectivity index (χ3v) is 9.12. The topological polar surface area (TPSA) is 106 Å². The van der Waals surface area contributed by atoms with Gasteiger partial charge in [-0.05, 0) is 32.0 Å². The number of piperidine rings is 1. The number of nitrogens with one attached hydrogen (secondary N) is 2. The number of amides is 1. The number of methoxy groups -OCH3 is 2. The number of hydrogen-bond acceptors (Lipinski definition) is 8. The summed E-state index contributed by atoms with van der Waals surface area (Å²) in [6.07, 6.45) is 0.392. The molecule has 1 unspecified atom stereocenters. The van der Waals surface area contributed by atoms with E-state index in [-0.39, 0.29) is 35.2 Å². The predicted molar refractivity (Wildman–Crippen MR) is 146 cm³/mol. The molecule has 1 saturated carbocycles. The molecule has 2 aromatic heterocycles. The van der Waals surface area contributed by atoms with E-state index in [1.54, 1.807) is 28.1 Å². The van der Waals surface area contributed by atoms with Gasteiger partial charge in [-0.3, -0.25) is 4.79 Å². The Balaban J connectivity index is 1.30. The molecule has 0 spiro atoms. The molecule has 0 radical (unpaired) electrons. The van der Waals surface area contributed by atoms with E-state index in [4.69, 9.17) is 42.4 Å². The summed E-state index contributed by atoms with van der Waals surface area (Å²) in [5, 5.41) is 4.44. The summed E-state index contributed by atoms with van der Waals surface area (Å²) in [4.78, 5) is 36.0. The van der Waals surface area contributed by atoms with E-state index in [1.807, 2.05) is 18.2 Å². The number of aryl methyl sites for hydroxylation is 1. The summed E-state index contributed by atoms with van der Waals surface area (Å²) in [6.45, 7) is 5.28. The third kappa shape index (κ3) is 4.92. The number of rotatable bonds is 9. The van der Waals surface area contributed by atoms with Crippen LogP contribution in [0.3, 0.4) is 0 Å². The number of H-pyrrole nitrogens is 1. The maximum Gasteiger partial charge on any atom is 0.350 e. The first-order chi connectivity index (χ1) is 18.2. The quantitative estimate of drug-likeness (QED) is 0.353. The van der Waals surface area contributed by atoms with Gasteiger partial charge in [-0.25, -0.2) is 9.78 Å². The van der Waals surface area contributed by atoms with E-state index in [1.165, 1.54) is 11.3 Å². The molecule has 1 aliphatic heterocycles. The van der Waals surface area contributed by atoms with Gasteiger partial charge in [0, 0.05) is 48.6 Å². The molecule has 3 aromatic rings. The molecule has 3 atom stereocenters. The van der Waals surface area contributed by atoms with Crippen molar-refractivity contribution in [2.45, 2.75) is 26.3 Å². The van der Waals surface area contributed by atoms with Gasteiger partial charge >= 0.3 is 5.97 Å². The van der Waals surface area contributed by atoms with Crippen LogP contribution in [-0.4, -0.2) is 61.8 Å². The summed E-state index contributed by atoms with van der Waals surface area (Å²) < 4.78 is 16.2. The van der Waals surface area contributed by atoms with Gasteiger partial charge in [-0.15, -0.1) is 0 Å². The van der Waals surface area contributed by atoms with Crippen LogP contribution in [0.2, 0.25) is 10.0 Å². The molecule has 2 aliphatic rings. The highest BCUT2D eigenvalue weighted by Gasteiger charge is 2.57. The van der Waals surface area contributed by atoms with Gasteiger partial charge in [-0.1, -0.05) is 34.5 Å². The van der Waals surface area contributed by atoms with E-state index < -0.39 is 0 Å². The highest BCUT2D eigenvalue weighted by Crippen LogP contribution is 2.48. The highest BCUT2D eigenvalue weighted by atomic mass is 35.5. The Morgan fingerprint density at radius 1 is 1.18 bits per heavy atom. The van der Waals surface area contributed by atoms with Crippen molar-refractivity contribution in [1.29, 1.82) is 0 Å². The molecule has 1 saturated heterocycles. The highest BCUT2D eigenvalue weighted by molar-refractivity contribution is 7.17. The second-order valence-electron chi connectivity index (χ2n) is 9.33. The van der Waals surface area contributed by atoms with E-state index >= 15 is 0 Å². The molecule has 1 aliphatic carbocycles. The smallest absolute Gasteiger partial charge is 0.350 e. The van der Waals surface area contributed by atoms with Crippen LogP contribution in [0.4, 0.5) is 5.13 Å². The number of esters is 1. The number of anilines is 1. The van der Waals surface area contributed by atoms with Crippen LogP contribution in [0, 0.1) is 18.8 Å². The van der Waals surface area contributed by atoms with Crippen molar-refractivity contribution in [2.75, 3.05) is 38.8 Å². The Labute approximate surface area is 234 Å². The normalized spacial score (nSPS) is 19.7. The summed E-state index contributed by atoms with van der Waals surface area (Å²) >= 11 is 13.7. The predicted octanol–water partition coefficient (Wildman–Crippen LogP) is 4.74. The zero-order valence-corrected chi connectivity index (χ0v) is 23.7. The molecular weight excluding hydrogens is 551 g/mol. The number of ether oxygens (including phenoxy) is 3. The zero-order chi connectivity index (χ0) is 27.1. The van der Waals surface area contributed by atoms with E-state index in [0.29, 0.717) is 51.0 Å². The number of thiazole rings is 1. The molecule has 9 nitrogen and oxygen atoms in total. The molecule has 0 bridgehead atoms. The number of carbonyl (C=O) groups excluding carboxylic acids is 2. The molecule has 3 heterocycles. The fourth-order valence-electron chi connectivity index (χ4n) is 5.00. The molecule has 2 N–H and O–H groups in total. The van der Waals surface area contributed by atoms with Gasteiger partial charge in [0.15, 0.2) is 5.13 Å². The van der Waals surface area contributed by atoms with Gasteiger partial charge in [0.2, 0.25) is 0 Å². The molecule has 202 valence electrons. The maximum atomic E-state index is 12.8. The van der Waals surface area contributed by atoms with Gasteiger partial charge in [-0.2, -0.15) is 0 Å². The standard InChI is InChI=1S/C26H28Cl2N4O5S/c1-5-37-25(34)23-17(9-13-8-14(35-3)6-7-18(13)36-4)30-26(38-23)32-10-15-16(11-32)21(15)31-24(33)22-20(28)19(27)12(2)29-22/h6-8,15-16,21,29H,5,9-11H2,1-4H3,(H,31,33)/t15-,16+,21?. The van der Waals surface area contributed by atoms with Crippen molar-refractivity contribution in [2.24, 2.45) is 11.8 Å². The summed E-state index contributed by atoms with van der Waals surface area (Å²) in [5.74, 6) is 1.32. The van der Waals surface area contributed by atoms with Gasteiger partial charge < -0.3 is 29.4 Å². The minimum Gasteiger partial charge on any atom is -0.497 e. The number of fused-ring (bicyclic) bond motifs is 1. The number of aromatic amines is 1. The fourth-order valence-corrected chi connectivity index (χ4v) is 6.41.